The van der Waals surface area contributed by atoms with Crippen LogP contribution in [0.5, 0.6) is 0 Å². The molecule has 0 aliphatic carbocycles. The van der Waals surface area contributed by atoms with Gasteiger partial charge in [-0.15, -0.1) is 10.2 Å². The summed E-state index contributed by atoms with van der Waals surface area (Å²) in [6.07, 6.45) is 0. The van der Waals surface area contributed by atoms with Crippen LogP contribution in [0.4, 0.5) is 0 Å². The van der Waals surface area contributed by atoms with Gasteiger partial charge in [0.15, 0.2) is 5.16 Å². The Morgan fingerprint density at radius 3 is 2.84 bits per heavy atom. The summed E-state index contributed by atoms with van der Waals surface area (Å²) < 4.78 is 3.31. The normalized spacial score (nSPS) is 11.7. The summed E-state index contributed by atoms with van der Waals surface area (Å²) in [7, 11) is 0. The number of hydrogen-bond acceptors (Lipinski definition) is 5. The third kappa shape index (κ3) is 2.57. The van der Waals surface area contributed by atoms with E-state index >= 15 is 0 Å². The smallest absolute Gasteiger partial charge is 0.217 e. The van der Waals surface area contributed by atoms with Gasteiger partial charge in [0.1, 0.15) is 5.15 Å². The van der Waals surface area contributed by atoms with E-state index in [-0.39, 0.29) is 0 Å². The molecule has 0 spiro atoms. The molecule has 0 aliphatic rings. The molecule has 0 N–H and O–H groups in total. The summed E-state index contributed by atoms with van der Waals surface area (Å²) in [5, 5.41) is 11.1. The Kier molecular flexibility index (Phi) is 3.62. The molecule has 2 aromatic carbocycles. The number of rotatable bonds is 3. The SMILES string of the molecule is Clc1nc2ccccc2cc1CSc1nnc2sc3ccccc3n12. The molecule has 4 nitrogen and oxygen atoms in total. The molecule has 0 atom stereocenters. The molecule has 25 heavy (non-hydrogen) atoms. The van der Waals surface area contributed by atoms with Gasteiger partial charge in [-0.3, -0.25) is 4.40 Å². The summed E-state index contributed by atoms with van der Waals surface area (Å²) in [6, 6.07) is 18.4. The first kappa shape index (κ1) is 15.1. The van der Waals surface area contributed by atoms with Crippen LogP contribution in [0, 0.1) is 0 Å². The number of halogens is 1. The van der Waals surface area contributed by atoms with Crippen molar-refractivity contribution in [3.63, 3.8) is 0 Å². The number of thioether (sulfide) groups is 1. The van der Waals surface area contributed by atoms with Gasteiger partial charge >= 0.3 is 0 Å². The standard InChI is InChI=1S/C18H11ClN4S2/c19-16-12(9-11-5-1-2-6-13(11)20-16)10-24-17-21-22-18-23(17)14-7-3-4-8-15(14)25-18/h1-9H,10H2. The maximum absolute atomic E-state index is 6.37. The first-order valence-electron chi connectivity index (χ1n) is 7.69. The van der Waals surface area contributed by atoms with Crippen LogP contribution in [0.3, 0.4) is 0 Å². The van der Waals surface area contributed by atoms with Crippen LogP contribution in [-0.4, -0.2) is 19.6 Å². The molecule has 3 heterocycles. The third-order valence-electron chi connectivity index (χ3n) is 4.02. The minimum atomic E-state index is 0.544. The van der Waals surface area contributed by atoms with E-state index in [1.54, 1.807) is 23.1 Å². The fourth-order valence-electron chi connectivity index (χ4n) is 2.83. The largest absolute Gasteiger partial charge is 0.260 e. The van der Waals surface area contributed by atoms with Gasteiger partial charge < -0.3 is 0 Å². The predicted molar refractivity (Wildman–Crippen MR) is 105 cm³/mol. The van der Waals surface area contributed by atoms with E-state index in [4.69, 9.17) is 11.6 Å². The maximum atomic E-state index is 6.37. The van der Waals surface area contributed by atoms with E-state index in [0.29, 0.717) is 10.9 Å². The highest BCUT2D eigenvalue weighted by atomic mass is 35.5. The van der Waals surface area contributed by atoms with Crippen molar-refractivity contribution in [2.24, 2.45) is 0 Å². The van der Waals surface area contributed by atoms with Gasteiger partial charge in [0.05, 0.1) is 15.7 Å². The molecule has 0 aliphatic heterocycles. The second kappa shape index (κ2) is 5.98. The minimum absolute atomic E-state index is 0.544. The highest BCUT2D eigenvalue weighted by Gasteiger charge is 2.13. The quantitative estimate of drug-likeness (QED) is 0.308. The van der Waals surface area contributed by atoms with Gasteiger partial charge in [-0.2, -0.15) is 0 Å². The van der Waals surface area contributed by atoms with Crippen molar-refractivity contribution in [1.82, 2.24) is 19.6 Å². The van der Waals surface area contributed by atoms with Crippen LogP contribution >= 0.6 is 34.7 Å². The Hall–Kier alpha value is -2.15. The van der Waals surface area contributed by atoms with Gasteiger partial charge in [0.25, 0.3) is 0 Å². The molecule has 0 radical (unpaired) electrons. The zero-order chi connectivity index (χ0) is 16.8. The molecular formula is C18H11ClN4S2. The van der Waals surface area contributed by atoms with Gasteiger partial charge in [-0.1, -0.05) is 65.0 Å². The lowest BCUT2D eigenvalue weighted by molar-refractivity contribution is 0.940. The number of thiazole rings is 1. The van der Waals surface area contributed by atoms with Crippen molar-refractivity contribution in [3.05, 3.63) is 65.3 Å². The molecule has 5 rings (SSSR count). The van der Waals surface area contributed by atoms with E-state index in [1.165, 1.54) is 4.70 Å². The van der Waals surface area contributed by atoms with Crippen molar-refractivity contribution < 1.29 is 0 Å². The molecule has 122 valence electrons. The van der Waals surface area contributed by atoms with Crippen LogP contribution in [0.25, 0.3) is 26.1 Å². The zero-order valence-corrected chi connectivity index (χ0v) is 15.3. The Balaban J connectivity index is 1.52. The van der Waals surface area contributed by atoms with Gasteiger partial charge in [0, 0.05) is 16.7 Å². The third-order valence-corrected chi connectivity index (χ3v) is 6.33. The maximum Gasteiger partial charge on any atom is 0.217 e. The van der Waals surface area contributed by atoms with Gasteiger partial charge in [0.2, 0.25) is 4.96 Å². The number of hydrogen-bond donors (Lipinski definition) is 0. The summed E-state index contributed by atoms with van der Waals surface area (Å²) in [5.41, 5.74) is 3.05. The number of fused-ring (bicyclic) bond motifs is 4. The van der Waals surface area contributed by atoms with Crippen molar-refractivity contribution in [1.29, 1.82) is 0 Å². The van der Waals surface area contributed by atoms with E-state index in [2.05, 4.69) is 43.8 Å². The van der Waals surface area contributed by atoms with E-state index in [9.17, 15) is 0 Å². The summed E-state index contributed by atoms with van der Waals surface area (Å²) in [4.78, 5) is 5.40. The second-order valence-corrected chi connectivity index (χ2v) is 7.90. The lowest BCUT2D eigenvalue weighted by Gasteiger charge is -2.05. The lowest BCUT2D eigenvalue weighted by Crippen LogP contribution is -1.91. The molecule has 0 fully saturated rings. The summed E-state index contributed by atoms with van der Waals surface area (Å²) in [6.45, 7) is 0. The summed E-state index contributed by atoms with van der Waals surface area (Å²) >= 11 is 9.64. The highest BCUT2D eigenvalue weighted by molar-refractivity contribution is 7.98. The van der Waals surface area contributed by atoms with E-state index < -0.39 is 0 Å². The Bertz CT molecular complexity index is 1230. The zero-order valence-electron chi connectivity index (χ0n) is 12.9. The Labute approximate surface area is 156 Å². The van der Waals surface area contributed by atoms with Crippen molar-refractivity contribution in [3.8, 4) is 0 Å². The number of para-hydroxylation sites is 2. The fraction of sp³-hybridized carbons (Fsp3) is 0.0556. The molecule has 0 unspecified atom stereocenters. The second-order valence-electron chi connectivity index (χ2n) is 5.59. The first-order chi connectivity index (χ1) is 12.3. The van der Waals surface area contributed by atoms with Crippen molar-refractivity contribution in [2.75, 3.05) is 0 Å². The summed E-state index contributed by atoms with van der Waals surface area (Å²) in [5.74, 6) is 0.696. The van der Waals surface area contributed by atoms with Crippen LogP contribution in [-0.2, 0) is 5.75 Å². The van der Waals surface area contributed by atoms with Gasteiger partial charge in [-0.05, 0) is 24.3 Å². The van der Waals surface area contributed by atoms with E-state index in [0.717, 1.165) is 32.1 Å². The van der Waals surface area contributed by atoms with E-state index in [1.807, 2.05) is 30.3 Å². The van der Waals surface area contributed by atoms with Crippen LogP contribution in [0.15, 0.2) is 59.8 Å². The Morgan fingerprint density at radius 1 is 1.04 bits per heavy atom. The number of pyridine rings is 1. The average Bonchev–Trinajstić information content (AvgIpc) is 3.19. The Morgan fingerprint density at radius 2 is 1.88 bits per heavy atom. The minimum Gasteiger partial charge on any atom is -0.260 e. The molecular weight excluding hydrogens is 372 g/mol. The van der Waals surface area contributed by atoms with Crippen LogP contribution < -0.4 is 0 Å². The molecule has 0 amide bonds. The van der Waals surface area contributed by atoms with Crippen LogP contribution in [0.1, 0.15) is 5.56 Å². The number of nitrogens with zero attached hydrogens (tertiary/aromatic N) is 4. The molecule has 5 aromatic rings. The first-order valence-corrected chi connectivity index (χ1v) is 9.87. The highest BCUT2D eigenvalue weighted by Crippen LogP contribution is 2.32. The fourth-order valence-corrected chi connectivity index (χ4v) is 5.06. The topological polar surface area (TPSA) is 43.1 Å². The number of aromatic nitrogens is 4. The monoisotopic (exact) mass is 382 g/mol. The molecule has 3 aromatic heterocycles. The van der Waals surface area contributed by atoms with Crippen LogP contribution in [0.2, 0.25) is 5.15 Å². The lowest BCUT2D eigenvalue weighted by atomic mass is 10.2. The molecule has 0 bridgehead atoms. The van der Waals surface area contributed by atoms with Gasteiger partial charge in [-0.25, -0.2) is 4.98 Å². The van der Waals surface area contributed by atoms with Crippen molar-refractivity contribution in [2.45, 2.75) is 10.9 Å². The predicted octanol–water partition coefficient (Wildman–Crippen LogP) is 5.44. The molecule has 0 saturated heterocycles. The average molecular weight is 383 g/mol. The molecule has 0 saturated carbocycles. The number of benzene rings is 2. The van der Waals surface area contributed by atoms with Crippen molar-refractivity contribution >= 4 is 60.8 Å². The molecule has 7 heteroatoms.